The second-order valence-corrected chi connectivity index (χ2v) is 8.32. The molecule has 8 heteroatoms. The minimum Gasteiger partial charge on any atom is -0.453 e. The smallest absolute Gasteiger partial charge is 0.289 e. The predicted molar refractivity (Wildman–Crippen MR) is 83.4 cm³/mol. The normalized spacial score (nSPS) is 25.6. The Morgan fingerprint density at radius 2 is 2.09 bits per heavy atom. The number of fused-ring (bicyclic) bond motifs is 4. The van der Waals surface area contributed by atoms with Gasteiger partial charge in [0.15, 0.2) is 5.76 Å². The number of methoxy groups -OCH3 is 1. The number of carbonyl (C=O) groups excluding carboxylic acids is 1. The van der Waals surface area contributed by atoms with E-state index in [-0.39, 0.29) is 23.6 Å². The minimum atomic E-state index is -3.24. The van der Waals surface area contributed by atoms with Crippen LogP contribution in [0, 0.1) is 5.92 Å². The second kappa shape index (κ2) is 6.26. The van der Waals surface area contributed by atoms with Crippen LogP contribution in [0.1, 0.15) is 29.2 Å². The van der Waals surface area contributed by atoms with E-state index in [0.717, 1.165) is 12.8 Å². The van der Waals surface area contributed by atoms with E-state index in [1.807, 2.05) is 0 Å². The molecule has 23 heavy (non-hydrogen) atoms. The maximum absolute atomic E-state index is 12.7. The number of carbonyl (C=O) groups is 1. The Morgan fingerprint density at radius 1 is 1.30 bits per heavy atom. The molecule has 4 heterocycles. The molecule has 0 N–H and O–H groups in total. The molecule has 0 aliphatic carbocycles. The van der Waals surface area contributed by atoms with Gasteiger partial charge in [-0.15, -0.1) is 0 Å². The number of piperidine rings is 1. The number of nitrogens with zero attached hydrogens (tertiary/aromatic N) is 2. The van der Waals surface area contributed by atoms with Crippen LogP contribution in [0.15, 0.2) is 16.5 Å². The Hall–Kier alpha value is -1.38. The first-order valence-electron chi connectivity index (χ1n) is 7.72. The van der Waals surface area contributed by atoms with E-state index in [2.05, 4.69) is 0 Å². The molecule has 0 radical (unpaired) electrons. The summed E-state index contributed by atoms with van der Waals surface area (Å²) in [4.78, 5) is 14.5. The highest BCUT2D eigenvalue weighted by Crippen LogP contribution is 2.30. The van der Waals surface area contributed by atoms with E-state index >= 15 is 0 Å². The molecule has 0 aromatic carbocycles. The number of furan rings is 1. The molecule has 7 nitrogen and oxygen atoms in total. The third kappa shape index (κ3) is 3.44. The fraction of sp³-hybridized carbons (Fsp3) is 0.667. The molecule has 3 saturated heterocycles. The van der Waals surface area contributed by atoms with Crippen LogP contribution in [0.2, 0.25) is 0 Å². The Morgan fingerprint density at radius 3 is 2.78 bits per heavy atom. The Bertz CT molecular complexity index is 684. The zero-order valence-corrected chi connectivity index (χ0v) is 14.2. The summed E-state index contributed by atoms with van der Waals surface area (Å²) in [7, 11) is -1.67. The van der Waals surface area contributed by atoms with Crippen LogP contribution in [0.5, 0.6) is 0 Å². The van der Waals surface area contributed by atoms with Crippen LogP contribution < -0.4 is 0 Å². The topological polar surface area (TPSA) is 80.1 Å². The first-order chi connectivity index (χ1) is 10.9. The summed E-state index contributed by atoms with van der Waals surface area (Å²) in [6, 6.07) is 3.30. The van der Waals surface area contributed by atoms with Crippen LogP contribution in [0.25, 0.3) is 0 Å². The minimum absolute atomic E-state index is 0.0908. The molecule has 2 bridgehead atoms. The lowest BCUT2D eigenvalue weighted by atomic mass is 9.95. The van der Waals surface area contributed by atoms with E-state index in [0.29, 0.717) is 32.0 Å². The third-order valence-electron chi connectivity index (χ3n) is 4.57. The summed E-state index contributed by atoms with van der Waals surface area (Å²) in [6.07, 6.45) is 3.01. The van der Waals surface area contributed by atoms with E-state index in [4.69, 9.17) is 9.15 Å². The standard InChI is InChI=1S/C15H22N2O5S/c1-21-10-13-5-6-14(22-13)15(18)17-8-11-3-4-12(17)9-16(7-11)23(2,19)20/h5-6,11-12H,3-4,7-10H2,1-2H3/t11-,12+/m0/s1. The fourth-order valence-corrected chi connectivity index (χ4v) is 4.34. The molecule has 0 saturated carbocycles. The van der Waals surface area contributed by atoms with Gasteiger partial charge >= 0.3 is 0 Å². The van der Waals surface area contributed by atoms with E-state index in [1.54, 1.807) is 24.1 Å². The summed E-state index contributed by atoms with van der Waals surface area (Å²) in [5.41, 5.74) is 0. The molecule has 128 valence electrons. The largest absolute Gasteiger partial charge is 0.453 e. The number of hydrogen-bond acceptors (Lipinski definition) is 5. The lowest BCUT2D eigenvalue weighted by Gasteiger charge is -2.35. The van der Waals surface area contributed by atoms with Crippen molar-refractivity contribution in [3.8, 4) is 0 Å². The Kier molecular flexibility index (Phi) is 4.48. The first-order valence-corrected chi connectivity index (χ1v) is 9.57. The van der Waals surface area contributed by atoms with Gasteiger partial charge in [-0.05, 0) is 30.9 Å². The highest BCUT2D eigenvalue weighted by molar-refractivity contribution is 7.88. The lowest BCUT2D eigenvalue weighted by Crippen LogP contribution is -2.47. The lowest BCUT2D eigenvalue weighted by molar-refractivity contribution is 0.0550. The van der Waals surface area contributed by atoms with E-state index < -0.39 is 10.0 Å². The zero-order valence-electron chi connectivity index (χ0n) is 13.4. The molecule has 3 aliphatic rings. The summed E-state index contributed by atoms with van der Waals surface area (Å²) in [5, 5.41) is 0. The van der Waals surface area contributed by atoms with Crippen molar-refractivity contribution in [1.29, 1.82) is 0 Å². The van der Waals surface area contributed by atoms with Crippen molar-refractivity contribution in [3.63, 3.8) is 0 Å². The summed E-state index contributed by atoms with van der Waals surface area (Å²) >= 11 is 0. The van der Waals surface area contributed by atoms with Crippen molar-refractivity contribution in [2.75, 3.05) is 33.0 Å². The van der Waals surface area contributed by atoms with Gasteiger partial charge in [0.1, 0.15) is 12.4 Å². The van der Waals surface area contributed by atoms with Crippen LogP contribution in [-0.4, -0.2) is 62.6 Å². The van der Waals surface area contributed by atoms with Gasteiger partial charge in [-0.1, -0.05) is 0 Å². The monoisotopic (exact) mass is 342 g/mol. The third-order valence-corrected chi connectivity index (χ3v) is 5.81. The zero-order chi connectivity index (χ0) is 16.6. The van der Waals surface area contributed by atoms with Crippen LogP contribution in [0.4, 0.5) is 0 Å². The van der Waals surface area contributed by atoms with E-state index in [1.165, 1.54) is 10.6 Å². The molecule has 3 aliphatic heterocycles. The first kappa shape index (κ1) is 16.5. The van der Waals surface area contributed by atoms with Crippen LogP contribution >= 0.6 is 0 Å². The van der Waals surface area contributed by atoms with Crippen molar-refractivity contribution < 1.29 is 22.4 Å². The second-order valence-electron chi connectivity index (χ2n) is 6.33. The maximum atomic E-state index is 12.7. The molecular weight excluding hydrogens is 320 g/mol. The molecule has 4 rings (SSSR count). The number of sulfonamides is 1. The average Bonchev–Trinajstić information content (AvgIpc) is 2.75. The molecule has 1 amide bonds. The van der Waals surface area contributed by atoms with Crippen LogP contribution in [0.3, 0.4) is 0 Å². The van der Waals surface area contributed by atoms with Crippen molar-refractivity contribution in [2.45, 2.75) is 25.5 Å². The van der Waals surface area contributed by atoms with Gasteiger partial charge in [0.05, 0.1) is 6.26 Å². The number of amides is 1. The van der Waals surface area contributed by atoms with Gasteiger partial charge in [-0.25, -0.2) is 8.42 Å². The highest BCUT2D eigenvalue weighted by Gasteiger charge is 2.40. The summed E-state index contributed by atoms with van der Waals surface area (Å²) < 4.78 is 35.8. The van der Waals surface area contributed by atoms with E-state index in [9.17, 15) is 13.2 Å². The summed E-state index contributed by atoms with van der Waals surface area (Å²) in [5.74, 6) is 0.905. The molecule has 1 aromatic heterocycles. The van der Waals surface area contributed by atoms with Gasteiger partial charge in [0.25, 0.3) is 5.91 Å². The Balaban J connectivity index is 1.79. The number of rotatable bonds is 4. The number of hydrogen-bond donors (Lipinski definition) is 0. The van der Waals surface area contributed by atoms with Gasteiger partial charge in [-0.2, -0.15) is 4.31 Å². The molecule has 0 spiro atoms. The van der Waals surface area contributed by atoms with Gasteiger partial charge < -0.3 is 14.1 Å². The quantitative estimate of drug-likeness (QED) is 0.813. The van der Waals surface area contributed by atoms with Gasteiger partial charge in [0.2, 0.25) is 10.0 Å². The molecule has 2 atom stereocenters. The van der Waals surface area contributed by atoms with Crippen LogP contribution in [-0.2, 0) is 21.4 Å². The van der Waals surface area contributed by atoms with Gasteiger partial charge in [0, 0.05) is 32.8 Å². The highest BCUT2D eigenvalue weighted by atomic mass is 32.2. The molecule has 1 aromatic rings. The predicted octanol–water partition coefficient (Wildman–Crippen LogP) is 0.922. The molecule has 0 unspecified atom stereocenters. The van der Waals surface area contributed by atoms with Crippen molar-refractivity contribution in [3.05, 3.63) is 23.7 Å². The number of ether oxygens (including phenoxy) is 1. The maximum Gasteiger partial charge on any atom is 0.289 e. The molecular formula is C15H22N2O5S. The summed E-state index contributed by atoms with van der Waals surface area (Å²) in [6.45, 7) is 1.76. The SMILES string of the molecule is COCc1ccc(C(=O)N2C[C@H]3CC[C@@H]2CN(S(C)(=O)=O)C3)o1. The van der Waals surface area contributed by atoms with Gasteiger partial charge in [-0.3, -0.25) is 4.79 Å². The van der Waals surface area contributed by atoms with Crippen molar-refractivity contribution in [1.82, 2.24) is 9.21 Å². The average molecular weight is 342 g/mol. The fourth-order valence-electron chi connectivity index (χ4n) is 3.41. The van der Waals surface area contributed by atoms with Crippen molar-refractivity contribution in [2.24, 2.45) is 5.92 Å². The van der Waals surface area contributed by atoms with Crippen molar-refractivity contribution >= 4 is 15.9 Å². The molecule has 3 fully saturated rings. The Labute approximate surface area is 136 Å².